The monoisotopic (exact) mass is 379 g/mol. The van der Waals surface area contributed by atoms with Crippen LogP contribution in [0.15, 0.2) is 4.90 Å². The van der Waals surface area contributed by atoms with Gasteiger partial charge in [-0.05, 0) is 13.8 Å². The van der Waals surface area contributed by atoms with Gasteiger partial charge >= 0.3 is 0 Å². The minimum absolute atomic E-state index is 0.132. The van der Waals surface area contributed by atoms with Crippen molar-refractivity contribution >= 4 is 20.2 Å². The molecule has 0 unspecified atom stereocenters. The number of aromatic nitrogens is 2. The molecule has 0 aromatic carbocycles. The van der Waals surface area contributed by atoms with Gasteiger partial charge in [-0.1, -0.05) is 13.8 Å². The third kappa shape index (κ3) is 3.36. The van der Waals surface area contributed by atoms with Gasteiger partial charge in [0.05, 0.1) is 11.4 Å². The number of aryl methyl sites for hydroxylation is 2. The second kappa shape index (κ2) is 7.08. The number of piperazine rings is 1. The fourth-order valence-electron chi connectivity index (χ4n) is 2.90. The first kappa shape index (κ1) is 19.3. The van der Waals surface area contributed by atoms with Crippen LogP contribution in [0.25, 0.3) is 0 Å². The lowest BCUT2D eigenvalue weighted by Crippen LogP contribution is -2.54. The molecule has 0 aliphatic carbocycles. The van der Waals surface area contributed by atoms with E-state index in [1.165, 1.54) is 12.9 Å². The number of H-pyrrole nitrogens is 1. The highest BCUT2D eigenvalue weighted by Gasteiger charge is 2.36. The van der Waals surface area contributed by atoms with Gasteiger partial charge in [0, 0.05) is 39.3 Å². The average Bonchev–Trinajstić information content (AvgIpc) is 2.88. The number of hydrogen-bond donors (Lipinski definition) is 1. The Morgan fingerprint density at radius 2 is 1.50 bits per heavy atom. The third-order valence-corrected chi connectivity index (χ3v) is 8.56. The van der Waals surface area contributed by atoms with Crippen molar-refractivity contribution in [3.8, 4) is 0 Å². The van der Waals surface area contributed by atoms with Crippen LogP contribution in [-0.2, 0) is 20.2 Å². The molecule has 1 aromatic heterocycles. The predicted molar refractivity (Wildman–Crippen MR) is 90.2 cm³/mol. The van der Waals surface area contributed by atoms with E-state index in [1.54, 1.807) is 27.7 Å². The second-order valence-corrected chi connectivity index (χ2v) is 9.46. The van der Waals surface area contributed by atoms with Gasteiger partial charge < -0.3 is 0 Å². The van der Waals surface area contributed by atoms with Crippen LogP contribution >= 0.6 is 0 Å². The van der Waals surface area contributed by atoms with E-state index < -0.39 is 20.2 Å². The Bertz CT molecular complexity index is 756. The van der Waals surface area contributed by atoms with Gasteiger partial charge in [0.2, 0.25) is 10.0 Å². The average molecular weight is 380 g/mol. The zero-order chi connectivity index (χ0) is 18.1. The summed E-state index contributed by atoms with van der Waals surface area (Å²) in [5.41, 5.74) is 0.913. The molecular formula is C13H25N5O4S2. The number of hydrogen-bond acceptors (Lipinski definition) is 5. The van der Waals surface area contributed by atoms with E-state index in [4.69, 9.17) is 0 Å². The summed E-state index contributed by atoms with van der Waals surface area (Å²) in [6.07, 6.45) is 0. The molecule has 1 N–H and O–H groups in total. The van der Waals surface area contributed by atoms with Crippen LogP contribution in [0.1, 0.15) is 25.2 Å². The highest BCUT2D eigenvalue weighted by atomic mass is 32.2. The lowest BCUT2D eigenvalue weighted by molar-refractivity contribution is 0.256. The Morgan fingerprint density at radius 1 is 1.00 bits per heavy atom. The van der Waals surface area contributed by atoms with Gasteiger partial charge in [-0.2, -0.15) is 26.4 Å². The summed E-state index contributed by atoms with van der Waals surface area (Å²) in [4.78, 5) is 0.183. The van der Waals surface area contributed by atoms with E-state index in [1.807, 2.05) is 0 Å². The van der Waals surface area contributed by atoms with Crippen molar-refractivity contribution in [2.24, 2.45) is 0 Å². The fraction of sp³-hybridized carbons (Fsp3) is 0.769. The molecule has 1 aliphatic rings. The van der Waals surface area contributed by atoms with Crippen LogP contribution < -0.4 is 0 Å². The molecule has 1 saturated heterocycles. The quantitative estimate of drug-likeness (QED) is 0.744. The molecule has 2 rings (SSSR count). The molecule has 1 aromatic rings. The number of sulfonamides is 1. The van der Waals surface area contributed by atoms with Crippen molar-refractivity contribution in [3.63, 3.8) is 0 Å². The molecule has 0 amide bonds. The van der Waals surface area contributed by atoms with Crippen molar-refractivity contribution in [1.82, 2.24) is 23.1 Å². The van der Waals surface area contributed by atoms with E-state index in [0.717, 1.165) is 0 Å². The van der Waals surface area contributed by atoms with E-state index in [9.17, 15) is 16.8 Å². The second-order valence-electron chi connectivity index (χ2n) is 5.66. The van der Waals surface area contributed by atoms with Crippen LogP contribution in [0.3, 0.4) is 0 Å². The molecule has 0 spiro atoms. The van der Waals surface area contributed by atoms with Gasteiger partial charge in [-0.15, -0.1) is 0 Å². The molecule has 138 valence electrons. The first-order chi connectivity index (χ1) is 11.2. The Balaban J connectivity index is 2.16. The summed E-state index contributed by atoms with van der Waals surface area (Å²) in [6.45, 7) is 8.21. The fourth-order valence-corrected chi connectivity index (χ4v) is 6.26. The van der Waals surface area contributed by atoms with Crippen molar-refractivity contribution in [2.75, 3.05) is 39.3 Å². The molecule has 0 bridgehead atoms. The summed E-state index contributed by atoms with van der Waals surface area (Å²) in [7, 11) is -7.21. The van der Waals surface area contributed by atoms with E-state index in [0.29, 0.717) is 24.5 Å². The van der Waals surface area contributed by atoms with Crippen molar-refractivity contribution in [2.45, 2.75) is 32.6 Å². The number of nitrogens with zero attached hydrogens (tertiary/aromatic N) is 4. The summed E-state index contributed by atoms with van der Waals surface area (Å²) in [6, 6.07) is 0. The molecule has 11 heteroatoms. The number of rotatable bonds is 6. The van der Waals surface area contributed by atoms with Crippen molar-refractivity contribution in [3.05, 3.63) is 11.4 Å². The summed E-state index contributed by atoms with van der Waals surface area (Å²) in [5.74, 6) is 0. The van der Waals surface area contributed by atoms with E-state index in [-0.39, 0.29) is 31.1 Å². The van der Waals surface area contributed by atoms with Crippen LogP contribution in [0.4, 0.5) is 0 Å². The van der Waals surface area contributed by atoms with Crippen LogP contribution in [0.5, 0.6) is 0 Å². The lowest BCUT2D eigenvalue weighted by Gasteiger charge is -2.35. The Labute approximate surface area is 143 Å². The van der Waals surface area contributed by atoms with E-state index >= 15 is 0 Å². The SMILES string of the molecule is CCN(CC)S(=O)(=O)N1CCN(S(=O)(=O)c2c(C)n[nH]c2C)CC1. The molecule has 24 heavy (non-hydrogen) atoms. The maximum atomic E-state index is 12.8. The molecule has 0 radical (unpaired) electrons. The zero-order valence-electron chi connectivity index (χ0n) is 14.5. The topological polar surface area (TPSA) is 107 Å². The largest absolute Gasteiger partial charge is 0.282 e. The minimum atomic E-state index is -3.68. The maximum absolute atomic E-state index is 12.8. The molecule has 1 fully saturated rings. The third-order valence-electron chi connectivity index (χ3n) is 4.21. The smallest absolute Gasteiger partial charge is 0.281 e. The maximum Gasteiger partial charge on any atom is 0.282 e. The zero-order valence-corrected chi connectivity index (χ0v) is 16.1. The first-order valence-electron chi connectivity index (χ1n) is 7.93. The summed E-state index contributed by atoms with van der Waals surface area (Å²) >= 11 is 0. The molecular weight excluding hydrogens is 354 g/mol. The molecule has 0 atom stereocenters. The summed E-state index contributed by atoms with van der Waals surface area (Å²) < 4.78 is 54.6. The lowest BCUT2D eigenvalue weighted by atomic mass is 10.4. The highest BCUT2D eigenvalue weighted by molar-refractivity contribution is 7.89. The van der Waals surface area contributed by atoms with Crippen LogP contribution in [-0.4, -0.2) is 79.2 Å². The molecule has 0 saturated carbocycles. The Hall–Kier alpha value is -1.01. The van der Waals surface area contributed by atoms with Gasteiger partial charge in [0.25, 0.3) is 10.2 Å². The Kier molecular flexibility index (Phi) is 5.70. The van der Waals surface area contributed by atoms with Gasteiger partial charge in [-0.25, -0.2) is 8.42 Å². The molecule has 1 aliphatic heterocycles. The standard InChI is InChI=1S/C13H25N5O4S2/c1-5-16(6-2)24(21,22)18-9-7-17(8-10-18)23(19,20)13-11(3)14-15-12(13)4/h5-10H2,1-4H3,(H,14,15). The summed E-state index contributed by atoms with van der Waals surface area (Å²) in [5, 5.41) is 6.61. The van der Waals surface area contributed by atoms with Crippen LogP contribution in [0.2, 0.25) is 0 Å². The number of aromatic amines is 1. The van der Waals surface area contributed by atoms with Gasteiger partial charge in [-0.3, -0.25) is 5.10 Å². The predicted octanol–water partition coefficient (Wildman–Crippen LogP) is -0.0806. The van der Waals surface area contributed by atoms with Crippen molar-refractivity contribution in [1.29, 1.82) is 0 Å². The Morgan fingerprint density at radius 3 is 1.92 bits per heavy atom. The number of nitrogens with one attached hydrogen (secondary N) is 1. The van der Waals surface area contributed by atoms with Gasteiger partial charge in [0.1, 0.15) is 4.90 Å². The first-order valence-corrected chi connectivity index (χ1v) is 10.8. The highest BCUT2D eigenvalue weighted by Crippen LogP contribution is 2.23. The van der Waals surface area contributed by atoms with Crippen molar-refractivity contribution < 1.29 is 16.8 Å². The van der Waals surface area contributed by atoms with E-state index in [2.05, 4.69) is 10.2 Å². The van der Waals surface area contributed by atoms with Gasteiger partial charge in [0.15, 0.2) is 0 Å². The molecule has 9 nitrogen and oxygen atoms in total. The minimum Gasteiger partial charge on any atom is -0.281 e. The van der Waals surface area contributed by atoms with Crippen LogP contribution in [0, 0.1) is 13.8 Å². The normalized spacial score (nSPS) is 18.4. The molecule has 2 heterocycles.